The Morgan fingerprint density at radius 3 is 2.11 bits per heavy atom. The number of rotatable bonds is 6. The van der Waals surface area contributed by atoms with E-state index in [1.807, 2.05) is 30.3 Å². The van der Waals surface area contributed by atoms with Crippen LogP contribution in [0.25, 0.3) is 22.1 Å². The van der Waals surface area contributed by atoms with Gasteiger partial charge >= 0.3 is 0 Å². The van der Waals surface area contributed by atoms with Crippen LogP contribution in [0.1, 0.15) is 50.3 Å². The Kier molecular flexibility index (Phi) is 4.70. The van der Waals surface area contributed by atoms with Gasteiger partial charge in [0.1, 0.15) is 17.5 Å². The van der Waals surface area contributed by atoms with Crippen molar-refractivity contribution >= 4 is 39.7 Å². The van der Waals surface area contributed by atoms with E-state index in [9.17, 15) is 9.59 Å². The Balaban J connectivity index is 1.37. The quantitative estimate of drug-likeness (QED) is 0.173. The molecule has 1 atom stereocenters. The van der Waals surface area contributed by atoms with Crippen molar-refractivity contribution in [3.63, 3.8) is 0 Å². The summed E-state index contributed by atoms with van der Waals surface area (Å²) in [6.07, 6.45) is 0.421. The highest BCUT2D eigenvalue weighted by Crippen LogP contribution is 2.30. The second kappa shape index (κ2) is 7.91. The van der Waals surface area contributed by atoms with Gasteiger partial charge in [0.2, 0.25) is 0 Å². The molecule has 6 rings (SSSR count). The maximum absolute atomic E-state index is 12.9. The molecule has 0 saturated carbocycles. The number of amidine groups is 1. The summed E-state index contributed by atoms with van der Waals surface area (Å²) in [6, 6.07) is 20.0. The number of para-hydroxylation sites is 2. The molecule has 0 bridgehead atoms. The Morgan fingerprint density at radius 1 is 0.857 bits per heavy atom. The largest absolute Gasteiger partial charge is 0.384 e. The van der Waals surface area contributed by atoms with Crippen molar-refractivity contribution in [2.45, 2.75) is 12.3 Å². The van der Waals surface area contributed by atoms with Crippen LogP contribution in [-0.2, 0) is 0 Å². The maximum Gasteiger partial charge on any atom is 0.261 e. The van der Waals surface area contributed by atoms with Crippen LogP contribution < -0.4 is 5.73 Å². The number of imide groups is 1. The summed E-state index contributed by atoms with van der Waals surface area (Å²) in [6.45, 7) is 0.212. The number of nitrogens with one attached hydrogen (secondary N) is 3. The molecule has 0 saturated heterocycles. The van der Waals surface area contributed by atoms with Gasteiger partial charge in [0.15, 0.2) is 0 Å². The third-order valence-corrected chi connectivity index (χ3v) is 6.40. The summed E-state index contributed by atoms with van der Waals surface area (Å²) in [5.74, 6) is 0.398. The molecular formula is C26H21N7O2. The molecule has 0 spiro atoms. The van der Waals surface area contributed by atoms with Gasteiger partial charge in [-0.3, -0.25) is 19.9 Å². The minimum Gasteiger partial charge on any atom is -0.384 e. The number of carbonyl (C=O) groups is 2. The lowest BCUT2D eigenvalue weighted by Gasteiger charge is -2.18. The van der Waals surface area contributed by atoms with E-state index in [2.05, 4.69) is 9.97 Å². The van der Waals surface area contributed by atoms with Crippen molar-refractivity contribution in [2.24, 2.45) is 5.73 Å². The molecule has 1 aliphatic heterocycles. The molecule has 1 aliphatic rings. The summed E-state index contributed by atoms with van der Waals surface area (Å²) in [5.41, 5.74) is 10.3. The molecule has 1 unspecified atom stereocenters. The molecule has 2 amide bonds. The second-order valence-electron chi connectivity index (χ2n) is 8.56. The van der Waals surface area contributed by atoms with Crippen LogP contribution in [-0.4, -0.2) is 49.0 Å². The van der Waals surface area contributed by atoms with Crippen molar-refractivity contribution in [1.82, 2.24) is 24.8 Å². The van der Waals surface area contributed by atoms with E-state index in [0.717, 1.165) is 16.6 Å². The standard InChI is InChI=1S/C26H21N7O2/c27-22(28)14-9-10-20-21(13-14)32-24(31-20)17(23-29-18-7-3-4-8-19(18)30-23)11-12-33-25(34)15-5-1-2-6-16(15)26(33)35/h1-10,13,17H,11-12H2,(H3,27,28)(H,29,30)(H,31,32). The molecule has 3 heterocycles. The normalized spacial score (nSPS) is 14.1. The zero-order valence-electron chi connectivity index (χ0n) is 18.6. The minimum atomic E-state index is -0.333. The maximum atomic E-state index is 12.9. The summed E-state index contributed by atoms with van der Waals surface area (Å²) >= 11 is 0. The molecule has 3 aromatic carbocycles. The SMILES string of the molecule is N=C(N)c1ccc2[nH]c(C(CCN3C(=O)c4ccccc4C3=O)c3nc4ccccc4[nH]3)nc2c1. The van der Waals surface area contributed by atoms with E-state index in [1.54, 1.807) is 36.4 Å². The Labute approximate surface area is 199 Å². The molecule has 172 valence electrons. The van der Waals surface area contributed by atoms with Gasteiger partial charge in [0, 0.05) is 12.1 Å². The number of hydrogen-bond donors (Lipinski definition) is 4. The van der Waals surface area contributed by atoms with Crippen molar-refractivity contribution in [1.29, 1.82) is 5.41 Å². The number of aromatic nitrogens is 4. The van der Waals surface area contributed by atoms with Gasteiger partial charge in [0.25, 0.3) is 11.8 Å². The molecule has 2 aromatic heterocycles. The monoisotopic (exact) mass is 463 g/mol. The number of imidazole rings is 2. The lowest BCUT2D eigenvalue weighted by molar-refractivity contribution is 0.0650. The minimum absolute atomic E-state index is 0.0316. The number of nitrogen functional groups attached to an aromatic ring is 1. The molecule has 0 fully saturated rings. The average Bonchev–Trinajstić information content (AvgIpc) is 3.54. The van der Waals surface area contributed by atoms with E-state index >= 15 is 0 Å². The van der Waals surface area contributed by atoms with Gasteiger partial charge in [-0.1, -0.05) is 24.3 Å². The van der Waals surface area contributed by atoms with Gasteiger partial charge in [-0.25, -0.2) is 9.97 Å². The van der Waals surface area contributed by atoms with Gasteiger partial charge in [-0.05, 0) is 48.9 Å². The van der Waals surface area contributed by atoms with Crippen molar-refractivity contribution in [3.05, 3.63) is 95.1 Å². The van der Waals surface area contributed by atoms with Crippen molar-refractivity contribution in [3.8, 4) is 0 Å². The summed E-state index contributed by atoms with van der Waals surface area (Å²) < 4.78 is 0. The highest BCUT2D eigenvalue weighted by Gasteiger charge is 2.36. The fourth-order valence-corrected chi connectivity index (χ4v) is 4.60. The summed E-state index contributed by atoms with van der Waals surface area (Å²) in [4.78, 5) is 43.4. The molecule has 0 aliphatic carbocycles. The van der Waals surface area contributed by atoms with Gasteiger partial charge in [-0.15, -0.1) is 0 Å². The average molecular weight is 464 g/mol. The van der Waals surface area contributed by atoms with E-state index in [1.165, 1.54) is 4.90 Å². The van der Waals surface area contributed by atoms with E-state index in [-0.39, 0.29) is 30.1 Å². The van der Waals surface area contributed by atoms with E-state index in [4.69, 9.17) is 21.1 Å². The van der Waals surface area contributed by atoms with Crippen LogP contribution in [0.15, 0.2) is 66.7 Å². The number of nitrogens with zero attached hydrogens (tertiary/aromatic N) is 3. The smallest absolute Gasteiger partial charge is 0.261 e. The van der Waals surface area contributed by atoms with Crippen LogP contribution >= 0.6 is 0 Å². The Bertz CT molecular complexity index is 1580. The lowest BCUT2D eigenvalue weighted by Crippen LogP contribution is -2.32. The first kappa shape index (κ1) is 20.8. The molecule has 5 N–H and O–H groups in total. The molecule has 0 radical (unpaired) electrons. The molecule has 5 aromatic rings. The first-order valence-electron chi connectivity index (χ1n) is 11.2. The molecule has 9 heteroatoms. The Morgan fingerprint density at radius 2 is 1.46 bits per heavy atom. The van der Waals surface area contributed by atoms with Crippen LogP contribution in [0.4, 0.5) is 0 Å². The van der Waals surface area contributed by atoms with Gasteiger partial charge in [0.05, 0.1) is 39.1 Å². The van der Waals surface area contributed by atoms with Crippen LogP contribution in [0.3, 0.4) is 0 Å². The number of fused-ring (bicyclic) bond motifs is 3. The van der Waals surface area contributed by atoms with Crippen molar-refractivity contribution < 1.29 is 9.59 Å². The number of amides is 2. The highest BCUT2D eigenvalue weighted by molar-refractivity contribution is 6.21. The predicted molar refractivity (Wildman–Crippen MR) is 131 cm³/mol. The van der Waals surface area contributed by atoms with Crippen LogP contribution in [0, 0.1) is 5.41 Å². The van der Waals surface area contributed by atoms with Gasteiger partial charge in [-0.2, -0.15) is 0 Å². The summed E-state index contributed by atoms with van der Waals surface area (Å²) in [7, 11) is 0. The van der Waals surface area contributed by atoms with Crippen molar-refractivity contribution in [2.75, 3.05) is 6.54 Å². The van der Waals surface area contributed by atoms with Crippen LogP contribution in [0.5, 0.6) is 0 Å². The van der Waals surface area contributed by atoms with E-state index in [0.29, 0.717) is 40.3 Å². The predicted octanol–water partition coefficient (Wildman–Crippen LogP) is 3.54. The topological polar surface area (TPSA) is 145 Å². The fraction of sp³-hybridized carbons (Fsp3) is 0.115. The molecular weight excluding hydrogens is 442 g/mol. The lowest BCUT2D eigenvalue weighted by atomic mass is 10.0. The second-order valence-corrected chi connectivity index (χ2v) is 8.56. The third-order valence-electron chi connectivity index (χ3n) is 6.40. The zero-order valence-corrected chi connectivity index (χ0v) is 18.6. The number of carbonyl (C=O) groups excluding carboxylic acids is 2. The Hall–Kier alpha value is -4.79. The first-order chi connectivity index (χ1) is 17.0. The third kappa shape index (κ3) is 3.45. The van der Waals surface area contributed by atoms with Crippen LogP contribution in [0.2, 0.25) is 0 Å². The first-order valence-corrected chi connectivity index (χ1v) is 11.2. The molecule has 35 heavy (non-hydrogen) atoms. The van der Waals surface area contributed by atoms with Gasteiger partial charge < -0.3 is 15.7 Å². The summed E-state index contributed by atoms with van der Waals surface area (Å²) in [5, 5.41) is 7.71. The fourth-order valence-electron chi connectivity index (χ4n) is 4.60. The molecule has 9 nitrogen and oxygen atoms in total. The highest BCUT2D eigenvalue weighted by atomic mass is 16.2. The number of aromatic amines is 2. The zero-order chi connectivity index (χ0) is 24.1. The number of nitrogens with two attached hydrogens (primary N) is 1. The number of H-pyrrole nitrogens is 2. The number of benzene rings is 3. The number of hydrogen-bond acceptors (Lipinski definition) is 5. The van der Waals surface area contributed by atoms with E-state index < -0.39 is 0 Å².